The fourth-order valence-corrected chi connectivity index (χ4v) is 2.99. The van der Waals surface area contributed by atoms with Crippen LogP contribution >= 0.6 is 0 Å². The number of hydrogen-bond acceptors (Lipinski definition) is 5. The monoisotopic (exact) mass is 308 g/mol. The lowest BCUT2D eigenvalue weighted by atomic mass is 9.97. The molecule has 0 aliphatic carbocycles. The van der Waals surface area contributed by atoms with Crippen LogP contribution in [-0.2, 0) is 0 Å². The first-order valence-corrected chi connectivity index (χ1v) is 7.78. The van der Waals surface area contributed by atoms with E-state index in [9.17, 15) is 15.2 Å². The van der Waals surface area contributed by atoms with Crippen LogP contribution in [0.2, 0.25) is 0 Å². The van der Waals surface area contributed by atoms with Crippen LogP contribution in [0.15, 0.2) is 24.3 Å². The zero-order chi connectivity index (χ0) is 16.1. The minimum Gasteiger partial charge on any atom is -0.491 e. The van der Waals surface area contributed by atoms with Crippen molar-refractivity contribution in [1.29, 1.82) is 0 Å². The quantitative estimate of drug-likeness (QED) is 0.646. The number of nitro groups is 1. The molecule has 0 saturated carbocycles. The summed E-state index contributed by atoms with van der Waals surface area (Å²) in [5.41, 5.74) is 0.0314. The summed E-state index contributed by atoms with van der Waals surface area (Å²) in [6.07, 6.45) is 3.01. The predicted octanol–water partition coefficient (Wildman–Crippen LogP) is 2.60. The summed E-state index contributed by atoms with van der Waals surface area (Å²) in [5, 5.41) is 20.7. The van der Waals surface area contributed by atoms with Crippen LogP contribution in [0.4, 0.5) is 5.69 Å². The van der Waals surface area contributed by atoms with E-state index in [2.05, 4.69) is 18.7 Å². The number of aliphatic hydroxyl groups excluding tert-OH is 1. The number of nitrogens with zero attached hydrogens (tertiary/aromatic N) is 2. The molecule has 3 atom stereocenters. The Morgan fingerprint density at radius 2 is 1.91 bits per heavy atom. The largest absolute Gasteiger partial charge is 0.491 e. The normalized spacial score (nSPS) is 24.0. The summed E-state index contributed by atoms with van der Waals surface area (Å²) in [4.78, 5) is 12.5. The number of aliphatic hydroxyl groups is 1. The Labute approximate surface area is 130 Å². The second-order valence-corrected chi connectivity index (χ2v) is 6.04. The maximum absolute atomic E-state index is 10.6. The molecule has 1 N–H and O–H groups in total. The standard InChI is InChI=1S/C16H24N2O4/c1-12-4-3-5-13(2)17(12)10-15(19)11-22-16-8-6-14(7-9-16)18(20)21/h6-9,12-13,15,19H,3-5,10-11H2,1-2H3/t12-,13-,15-/m1/s1. The Hall–Kier alpha value is -1.66. The van der Waals surface area contributed by atoms with Gasteiger partial charge in [0.2, 0.25) is 0 Å². The number of piperidine rings is 1. The van der Waals surface area contributed by atoms with Gasteiger partial charge in [0.05, 0.1) is 4.92 Å². The van der Waals surface area contributed by atoms with E-state index in [1.165, 1.54) is 31.4 Å². The molecule has 6 nitrogen and oxygen atoms in total. The molecule has 1 fully saturated rings. The zero-order valence-electron chi connectivity index (χ0n) is 13.1. The summed E-state index contributed by atoms with van der Waals surface area (Å²) in [6.45, 7) is 5.17. The number of hydrogen-bond donors (Lipinski definition) is 1. The predicted molar refractivity (Wildman–Crippen MR) is 84.1 cm³/mol. The van der Waals surface area contributed by atoms with Gasteiger partial charge in [-0.25, -0.2) is 0 Å². The maximum Gasteiger partial charge on any atom is 0.269 e. The molecule has 22 heavy (non-hydrogen) atoms. The van der Waals surface area contributed by atoms with Crippen molar-refractivity contribution < 1.29 is 14.8 Å². The molecule has 1 heterocycles. The molecule has 1 aliphatic heterocycles. The lowest BCUT2D eigenvalue weighted by molar-refractivity contribution is -0.384. The van der Waals surface area contributed by atoms with E-state index in [-0.39, 0.29) is 12.3 Å². The summed E-state index contributed by atoms with van der Waals surface area (Å²) in [6, 6.07) is 6.87. The van der Waals surface area contributed by atoms with E-state index >= 15 is 0 Å². The molecular weight excluding hydrogens is 284 g/mol. The van der Waals surface area contributed by atoms with Gasteiger partial charge in [0.25, 0.3) is 5.69 Å². The molecule has 122 valence electrons. The van der Waals surface area contributed by atoms with Crippen molar-refractivity contribution in [3.8, 4) is 5.75 Å². The Morgan fingerprint density at radius 3 is 2.45 bits per heavy atom. The van der Waals surface area contributed by atoms with Crippen molar-refractivity contribution in [2.45, 2.75) is 51.3 Å². The third-order valence-corrected chi connectivity index (χ3v) is 4.29. The lowest BCUT2D eigenvalue weighted by Gasteiger charge is -2.40. The number of ether oxygens (including phenoxy) is 1. The van der Waals surface area contributed by atoms with Crippen LogP contribution in [0.1, 0.15) is 33.1 Å². The van der Waals surface area contributed by atoms with E-state index in [1.807, 2.05) is 0 Å². The van der Waals surface area contributed by atoms with E-state index in [0.29, 0.717) is 24.4 Å². The van der Waals surface area contributed by atoms with Crippen molar-refractivity contribution in [2.75, 3.05) is 13.2 Å². The van der Waals surface area contributed by atoms with Crippen LogP contribution in [-0.4, -0.2) is 46.3 Å². The van der Waals surface area contributed by atoms with Gasteiger partial charge in [-0.3, -0.25) is 15.0 Å². The Bertz CT molecular complexity index is 481. The van der Waals surface area contributed by atoms with Crippen molar-refractivity contribution in [3.05, 3.63) is 34.4 Å². The second kappa shape index (κ2) is 7.56. The maximum atomic E-state index is 10.6. The molecule has 0 amide bonds. The van der Waals surface area contributed by atoms with Crippen molar-refractivity contribution >= 4 is 5.69 Å². The molecule has 0 spiro atoms. The molecule has 1 aromatic carbocycles. The molecule has 6 heteroatoms. The van der Waals surface area contributed by atoms with E-state index in [4.69, 9.17) is 4.74 Å². The van der Waals surface area contributed by atoms with Gasteiger partial charge >= 0.3 is 0 Å². The highest BCUT2D eigenvalue weighted by molar-refractivity contribution is 5.35. The molecular formula is C16H24N2O4. The molecule has 1 aromatic rings. The van der Waals surface area contributed by atoms with Gasteiger partial charge in [-0.2, -0.15) is 0 Å². The van der Waals surface area contributed by atoms with Gasteiger partial charge < -0.3 is 9.84 Å². The average Bonchev–Trinajstić information content (AvgIpc) is 2.49. The van der Waals surface area contributed by atoms with E-state index < -0.39 is 11.0 Å². The first-order chi connectivity index (χ1) is 10.5. The minimum atomic E-state index is -0.571. The molecule has 0 aromatic heterocycles. The van der Waals surface area contributed by atoms with Gasteiger partial charge in [-0.15, -0.1) is 0 Å². The molecule has 0 unspecified atom stereocenters. The Kier molecular flexibility index (Phi) is 5.74. The van der Waals surface area contributed by atoms with Gasteiger partial charge in [-0.05, 0) is 38.8 Å². The number of nitro benzene ring substituents is 1. The van der Waals surface area contributed by atoms with Crippen molar-refractivity contribution in [1.82, 2.24) is 4.90 Å². The minimum absolute atomic E-state index is 0.0314. The third kappa shape index (κ3) is 4.42. The van der Waals surface area contributed by atoms with E-state index in [0.717, 1.165) is 0 Å². The molecule has 0 bridgehead atoms. The topological polar surface area (TPSA) is 75.8 Å². The highest BCUT2D eigenvalue weighted by Crippen LogP contribution is 2.23. The first-order valence-electron chi connectivity index (χ1n) is 7.78. The van der Waals surface area contributed by atoms with Gasteiger partial charge in [0.1, 0.15) is 18.5 Å². The van der Waals surface area contributed by atoms with Gasteiger partial charge in [-0.1, -0.05) is 6.42 Å². The highest BCUT2D eigenvalue weighted by Gasteiger charge is 2.26. The van der Waals surface area contributed by atoms with Crippen LogP contribution in [0.3, 0.4) is 0 Å². The summed E-state index contributed by atoms with van der Waals surface area (Å²) >= 11 is 0. The van der Waals surface area contributed by atoms with Crippen molar-refractivity contribution in [3.63, 3.8) is 0 Å². The number of benzene rings is 1. The Balaban J connectivity index is 1.81. The van der Waals surface area contributed by atoms with Crippen LogP contribution in [0, 0.1) is 10.1 Å². The Morgan fingerprint density at radius 1 is 1.32 bits per heavy atom. The molecule has 2 rings (SSSR count). The molecule has 1 saturated heterocycles. The number of likely N-dealkylation sites (tertiary alicyclic amines) is 1. The highest BCUT2D eigenvalue weighted by atomic mass is 16.6. The fourth-order valence-electron chi connectivity index (χ4n) is 2.99. The zero-order valence-corrected chi connectivity index (χ0v) is 13.1. The smallest absolute Gasteiger partial charge is 0.269 e. The van der Waals surface area contributed by atoms with Crippen molar-refractivity contribution in [2.24, 2.45) is 0 Å². The second-order valence-electron chi connectivity index (χ2n) is 6.04. The number of β-amino-alcohol motifs (C(OH)–C–C–N with tert-alkyl or cyclic N) is 1. The average molecular weight is 308 g/mol. The summed E-state index contributed by atoms with van der Waals surface area (Å²) < 4.78 is 5.52. The van der Waals surface area contributed by atoms with Gasteiger partial charge in [0.15, 0.2) is 0 Å². The van der Waals surface area contributed by atoms with Crippen LogP contribution < -0.4 is 4.74 Å². The fraction of sp³-hybridized carbons (Fsp3) is 0.625. The van der Waals surface area contributed by atoms with E-state index in [1.54, 1.807) is 12.1 Å². The van der Waals surface area contributed by atoms with Crippen LogP contribution in [0.5, 0.6) is 5.75 Å². The summed E-state index contributed by atoms with van der Waals surface area (Å²) in [7, 11) is 0. The van der Waals surface area contributed by atoms with Crippen LogP contribution in [0.25, 0.3) is 0 Å². The number of non-ortho nitro benzene ring substituents is 1. The summed E-state index contributed by atoms with van der Waals surface area (Å²) in [5.74, 6) is 0.532. The molecule has 1 aliphatic rings. The third-order valence-electron chi connectivity index (χ3n) is 4.29. The number of rotatable bonds is 6. The SMILES string of the molecule is C[C@@H]1CCC[C@@H](C)N1C[C@@H](O)COc1ccc([N+](=O)[O-])cc1. The molecule has 0 radical (unpaired) electrons. The van der Waals surface area contributed by atoms with Gasteiger partial charge in [0, 0.05) is 30.8 Å². The lowest BCUT2D eigenvalue weighted by Crippen LogP contribution is -2.48. The first kappa shape index (κ1) is 16.7.